The molecule has 0 heterocycles. The van der Waals surface area contributed by atoms with E-state index in [1.807, 2.05) is 48.5 Å². The predicted octanol–water partition coefficient (Wildman–Crippen LogP) is 5.70. The molecular formula is C26H20ClN3O4S. The highest BCUT2D eigenvalue weighted by molar-refractivity contribution is 7.92. The minimum absolute atomic E-state index is 0.0799. The minimum atomic E-state index is -3.77. The minimum Gasteiger partial charge on any atom is -0.457 e. The molecule has 0 spiro atoms. The van der Waals surface area contributed by atoms with Crippen molar-refractivity contribution >= 4 is 39.4 Å². The summed E-state index contributed by atoms with van der Waals surface area (Å²) in [6.07, 6.45) is 1.50. The van der Waals surface area contributed by atoms with Gasteiger partial charge in [0.15, 0.2) is 0 Å². The first-order valence-electron chi connectivity index (χ1n) is 10.4. The zero-order chi connectivity index (χ0) is 24.7. The number of nitrogens with one attached hydrogen (secondary N) is 2. The zero-order valence-corrected chi connectivity index (χ0v) is 19.8. The monoisotopic (exact) mass is 505 g/mol. The summed E-state index contributed by atoms with van der Waals surface area (Å²) < 4.78 is 33.2. The highest BCUT2D eigenvalue weighted by atomic mass is 35.5. The summed E-state index contributed by atoms with van der Waals surface area (Å²) in [7, 11) is -3.77. The maximum Gasteiger partial charge on any atom is 0.271 e. The number of carbonyl (C=O) groups excluding carboxylic acids is 1. The molecule has 7 nitrogen and oxygen atoms in total. The molecule has 4 aromatic carbocycles. The molecule has 0 saturated carbocycles. The molecule has 0 aromatic heterocycles. The van der Waals surface area contributed by atoms with Gasteiger partial charge in [0.05, 0.1) is 11.1 Å². The molecule has 176 valence electrons. The number of ether oxygens (including phenoxy) is 1. The van der Waals surface area contributed by atoms with E-state index in [0.717, 1.165) is 5.56 Å². The van der Waals surface area contributed by atoms with Gasteiger partial charge in [0.25, 0.3) is 15.9 Å². The van der Waals surface area contributed by atoms with E-state index in [9.17, 15) is 13.2 Å². The molecule has 0 atom stereocenters. The number of hydrazone groups is 1. The van der Waals surface area contributed by atoms with Gasteiger partial charge in [0, 0.05) is 16.3 Å². The summed E-state index contributed by atoms with van der Waals surface area (Å²) in [6.45, 7) is 0. The SMILES string of the molecule is O=C(NN=Cc1cccc(Oc2ccccc2)c1)c1ccc(NS(=O)(=O)c2ccc(Cl)cc2)cc1. The van der Waals surface area contributed by atoms with E-state index in [2.05, 4.69) is 15.2 Å². The van der Waals surface area contributed by atoms with Gasteiger partial charge in [-0.1, -0.05) is 41.9 Å². The number of hydrogen-bond donors (Lipinski definition) is 2. The number of hydrogen-bond acceptors (Lipinski definition) is 5. The Morgan fingerprint density at radius 3 is 2.23 bits per heavy atom. The van der Waals surface area contributed by atoms with Crippen LogP contribution in [0.15, 0.2) is 113 Å². The van der Waals surface area contributed by atoms with E-state index in [1.54, 1.807) is 6.07 Å². The van der Waals surface area contributed by atoms with Gasteiger partial charge in [0.2, 0.25) is 0 Å². The Kier molecular flexibility index (Phi) is 7.45. The van der Waals surface area contributed by atoms with Crippen LogP contribution in [0.1, 0.15) is 15.9 Å². The Balaban J connectivity index is 1.35. The van der Waals surface area contributed by atoms with Crippen molar-refractivity contribution in [1.29, 1.82) is 0 Å². The number of halogens is 1. The van der Waals surface area contributed by atoms with Crippen LogP contribution in [0, 0.1) is 0 Å². The van der Waals surface area contributed by atoms with Gasteiger partial charge in [-0.15, -0.1) is 0 Å². The molecule has 1 amide bonds. The fourth-order valence-corrected chi connectivity index (χ4v) is 4.22. The van der Waals surface area contributed by atoms with E-state index in [4.69, 9.17) is 16.3 Å². The first-order valence-corrected chi connectivity index (χ1v) is 12.3. The molecule has 0 bridgehead atoms. The van der Waals surface area contributed by atoms with Gasteiger partial charge in [-0.2, -0.15) is 5.10 Å². The number of sulfonamides is 1. The highest BCUT2D eigenvalue weighted by Gasteiger charge is 2.14. The number of carbonyl (C=O) groups is 1. The molecule has 2 N–H and O–H groups in total. The second-order valence-corrected chi connectivity index (χ2v) is 9.44. The molecule has 0 aliphatic carbocycles. The third-order valence-electron chi connectivity index (χ3n) is 4.74. The number of benzene rings is 4. The van der Waals surface area contributed by atoms with Crippen molar-refractivity contribution in [3.05, 3.63) is 119 Å². The molecule has 35 heavy (non-hydrogen) atoms. The predicted molar refractivity (Wildman–Crippen MR) is 137 cm³/mol. The second kappa shape index (κ2) is 10.9. The van der Waals surface area contributed by atoms with Gasteiger partial charge in [0.1, 0.15) is 11.5 Å². The van der Waals surface area contributed by atoms with Crippen molar-refractivity contribution in [3.8, 4) is 11.5 Å². The van der Waals surface area contributed by atoms with Crippen molar-refractivity contribution in [1.82, 2.24) is 5.43 Å². The molecule has 4 aromatic rings. The van der Waals surface area contributed by atoms with E-state index in [1.165, 1.54) is 54.7 Å². The first kappa shape index (κ1) is 24.0. The molecule has 9 heteroatoms. The number of anilines is 1. The number of nitrogens with zero attached hydrogens (tertiary/aromatic N) is 1. The Morgan fingerprint density at radius 1 is 0.829 bits per heavy atom. The maximum atomic E-state index is 12.5. The van der Waals surface area contributed by atoms with E-state index >= 15 is 0 Å². The van der Waals surface area contributed by atoms with Crippen LogP contribution in [0.25, 0.3) is 0 Å². The average molecular weight is 506 g/mol. The van der Waals surface area contributed by atoms with Crippen LogP contribution in [0.3, 0.4) is 0 Å². The highest BCUT2D eigenvalue weighted by Crippen LogP contribution is 2.21. The molecule has 0 radical (unpaired) electrons. The van der Waals surface area contributed by atoms with E-state index < -0.39 is 15.9 Å². The molecule has 0 fully saturated rings. The van der Waals surface area contributed by atoms with Crippen molar-refractivity contribution in [2.75, 3.05) is 4.72 Å². The lowest BCUT2D eigenvalue weighted by atomic mass is 10.2. The third-order valence-corrected chi connectivity index (χ3v) is 6.39. The summed E-state index contributed by atoms with van der Waals surface area (Å²) in [6, 6.07) is 28.5. The summed E-state index contributed by atoms with van der Waals surface area (Å²) in [4.78, 5) is 12.5. The Bertz CT molecular complexity index is 1440. The smallest absolute Gasteiger partial charge is 0.271 e. The van der Waals surface area contributed by atoms with Crippen LogP contribution in [0.2, 0.25) is 5.02 Å². The van der Waals surface area contributed by atoms with Crippen molar-refractivity contribution in [2.45, 2.75) is 4.90 Å². The summed E-state index contributed by atoms with van der Waals surface area (Å²) in [5, 5.41) is 4.43. The number of rotatable bonds is 8. The van der Waals surface area contributed by atoms with Crippen LogP contribution in [0.5, 0.6) is 11.5 Å². The average Bonchev–Trinajstić information content (AvgIpc) is 2.85. The van der Waals surface area contributed by atoms with Crippen LogP contribution in [0.4, 0.5) is 5.69 Å². The van der Waals surface area contributed by atoms with E-state index in [0.29, 0.717) is 27.8 Å². The normalized spacial score (nSPS) is 11.2. The van der Waals surface area contributed by atoms with Gasteiger partial charge in [-0.05, 0) is 78.4 Å². The van der Waals surface area contributed by atoms with Gasteiger partial charge < -0.3 is 4.74 Å². The molecule has 0 unspecified atom stereocenters. The summed E-state index contributed by atoms with van der Waals surface area (Å²) in [5.74, 6) is 0.918. The lowest BCUT2D eigenvalue weighted by Crippen LogP contribution is -2.18. The van der Waals surface area contributed by atoms with Gasteiger partial charge >= 0.3 is 0 Å². The fourth-order valence-electron chi connectivity index (χ4n) is 3.03. The lowest BCUT2D eigenvalue weighted by Gasteiger charge is -2.09. The van der Waals surface area contributed by atoms with Crippen LogP contribution >= 0.6 is 11.6 Å². The quantitative estimate of drug-likeness (QED) is 0.237. The van der Waals surface area contributed by atoms with Crippen molar-refractivity contribution < 1.29 is 17.9 Å². The molecule has 0 aliphatic heterocycles. The second-order valence-electron chi connectivity index (χ2n) is 7.32. The van der Waals surface area contributed by atoms with Gasteiger partial charge in [-0.25, -0.2) is 13.8 Å². The zero-order valence-electron chi connectivity index (χ0n) is 18.3. The third kappa shape index (κ3) is 6.69. The largest absolute Gasteiger partial charge is 0.457 e. The molecule has 0 aliphatic rings. The van der Waals surface area contributed by atoms with Crippen molar-refractivity contribution in [3.63, 3.8) is 0 Å². The maximum absolute atomic E-state index is 12.5. The first-order chi connectivity index (χ1) is 16.9. The lowest BCUT2D eigenvalue weighted by molar-refractivity contribution is 0.0955. The van der Waals surface area contributed by atoms with Crippen LogP contribution in [-0.2, 0) is 10.0 Å². The number of amides is 1. The summed E-state index contributed by atoms with van der Waals surface area (Å²) >= 11 is 5.81. The van der Waals surface area contributed by atoms with E-state index in [-0.39, 0.29) is 4.90 Å². The van der Waals surface area contributed by atoms with Crippen LogP contribution < -0.4 is 14.9 Å². The standard InChI is InChI=1S/C26H20ClN3O4S/c27-21-11-15-25(16-12-21)35(32,33)30-22-13-9-20(10-14-22)26(31)29-28-18-19-5-4-8-24(17-19)34-23-6-2-1-3-7-23/h1-18,30H,(H,29,31). The topological polar surface area (TPSA) is 96.9 Å². The fraction of sp³-hybridized carbons (Fsp3) is 0. The van der Waals surface area contributed by atoms with Crippen LogP contribution in [-0.4, -0.2) is 20.5 Å². The Morgan fingerprint density at radius 2 is 1.51 bits per heavy atom. The molecular weight excluding hydrogens is 486 g/mol. The number of para-hydroxylation sites is 1. The van der Waals surface area contributed by atoms with Gasteiger partial charge in [-0.3, -0.25) is 9.52 Å². The summed E-state index contributed by atoms with van der Waals surface area (Å²) in [5.41, 5.74) is 3.83. The van der Waals surface area contributed by atoms with Crippen molar-refractivity contribution in [2.24, 2.45) is 5.10 Å². The molecule has 0 saturated heterocycles. The Labute approximate surface area is 208 Å². The molecule has 4 rings (SSSR count). The Hall–Kier alpha value is -4.14.